The third-order valence-corrected chi connectivity index (χ3v) is 7.21. The zero-order chi connectivity index (χ0) is 22.8. The smallest absolute Gasteiger partial charge is 0.217 e. The largest absolute Gasteiger partial charge is 0.726 e. The second-order valence-corrected chi connectivity index (χ2v) is 10.2. The summed E-state index contributed by atoms with van der Waals surface area (Å²) in [4.78, 5) is 2.27. The molecule has 1 aliphatic heterocycles. The van der Waals surface area contributed by atoms with Crippen LogP contribution in [-0.4, -0.2) is 56.3 Å². The van der Waals surface area contributed by atoms with E-state index >= 15 is 0 Å². The summed E-state index contributed by atoms with van der Waals surface area (Å²) in [5, 5.41) is 0. The number of hydrogen-bond acceptors (Lipinski definition) is 6. The van der Waals surface area contributed by atoms with E-state index in [2.05, 4.69) is 18.7 Å². The third kappa shape index (κ3) is 14.8. The highest BCUT2D eigenvalue weighted by molar-refractivity contribution is 7.80. The predicted molar refractivity (Wildman–Crippen MR) is 132 cm³/mol. The summed E-state index contributed by atoms with van der Waals surface area (Å²) in [6.45, 7) is 7.08. The molecule has 7 nitrogen and oxygen atoms in total. The van der Waals surface area contributed by atoms with Gasteiger partial charge < -0.3 is 15.4 Å². The molecule has 1 heterocycles. The standard InChI is InChI=1S/C24H49NO5S.H3N/c1-3-5-6-7-8-9-10-11-12-13-14-15-16-17-18-24(4-2,23-30-31(26,27)28)25-19-21-29-22-20-25;/h3-23H2,1-2H3,(H,26,27,28);1H3. The van der Waals surface area contributed by atoms with Crippen molar-refractivity contribution in [3.05, 3.63) is 0 Å². The molecular weight excluding hydrogens is 428 g/mol. The van der Waals surface area contributed by atoms with E-state index < -0.39 is 15.9 Å². The van der Waals surface area contributed by atoms with Crippen molar-refractivity contribution in [1.82, 2.24) is 11.1 Å². The average Bonchev–Trinajstić information content (AvgIpc) is 2.76. The SMILES string of the molecule is CCCCCCCCCCCCCCCCC(CC)(COS(=O)(=O)[O-])N1CCOCC1.[NH4+]. The maximum Gasteiger partial charge on any atom is 0.217 e. The van der Waals surface area contributed by atoms with E-state index in [-0.39, 0.29) is 12.8 Å². The molecule has 0 radical (unpaired) electrons. The number of nitrogens with zero attached hydrogens (tertiary/aromatic N) is 1. The van der Waals surface area contributed by atoms with E-state index in [0.717, 1.165) is 38.8 Å². The van der Waals surface area contributed by atoms with Crippen molar-refractivity contribution in [2.75, 3.05) is 32.9 Å². The van der Waals surface area contributed by atoms with Crippen LogP contribution in [-0.2, 0) is 19.3 Å². The van der Waals surface area contributed by atoms with Gasteiger partial charge in [-0.2, -0.15) is 0 Å². The molecule has 0 aromatic heterocycles. The molecule has 8 heteroatoms. The Hall–Kier alpha value is -0.250. The van der Waals surface area contributed by atoms with Crippen molar-refractivity contribution in [2.45, 2.75) is 122 Å². The second-order valence-electron chi connectivity index (χ2n) is 9.19. The van der Waals surface area contributed by atoms with Crippen LogP contribution in [0.3, 0.4) is 0 Å². The van der Waals surface area contributed by atoms with Gasteiger partial charge in [-0.05, 0) is 12.8 Å². The zero-order valence-electron chi connectivity index (χ0n) is 21.2. The van der Waals surface area contributed by atoms with E-state index in [4.69, 9.17) is 8.92 Å². The van der Waals surface area contributed by atoms with Gasteiger partial charge in [0.25, 0.3) is 0 Å². The minimum Gasteiger partial charge on any atom is -0.726 e. The van der Waals surface area contributed by atoms with Gasteiger partial charge in [-0.25, -0.2) is 8.42 Å². The lowest BCUT2D eigenvalue weighted by atomic mass is 9.87. The van der Waals surface area contributed by atoms with Crippen molar-refractivity contribution < 1.29 is 21.9 Å². The Balaban J connectivity index is 0.00000961. The lowest BCUT2D eigenvalue weighted by Gasteiger charge is -2.45. The van der Waals surface area contributed by atoms with Gasteiger partial charge >= 0.3 is 0 Å². The number of ether oxygens (including phenoxy) is 1. The van der Waals surface area contributed by atoms with Gasteiger partial charge in [0.15, 0.2) is 0 Å². The van der Waals surface area contributed by atoms with Gasteiger partial charge in [0.1, 0.15) is 0 Å². The first kappa shape index (κ1) is 31.8. The summed E-state index contributed by atoms with van der Waals surface area (Å²) in [5.74, 6) is 0. The summed E-state index contributed by atoms with van der Waals surface area (Å²) in [6, 6.07) is 0. The Morgan fingerprint density at radius 2 is 1.25 bits per heavy atom. The van der Waals surface area contributed by atoms with Gasteiger partial charge in [-0.1, -0.05) is 104 Å². The summed E-state index contributed by atoms with van der Waals surface area (Å²) in [7, 11) is -4.67. The highest BCUT2D eigenvalue weighted by Gasteiger charge is 2.36. The highest BCUT2D eigenvalue weighted by atomic mass is 32.3. The molecule has 0 amide bonds. The number of quaternary nitrogens is 1. The van der Waals surface area contributed by atoms with Crippen LogP contribution in [0.1, 0.15) is 117 Å². The van der Waals surface area contributed by atoms with E-state index in [1.54, 1.807) is 0 Å². The fourth-order valence-corrected chi connectivity index (χ4v) is 5.06. The quantitative estimate of drug-likeness (QED) is 0.126. The normalized spacial score (nSPS) is 17.1. The zero-order valence-corrected chi connectivity index (χ0v) is 22.1. The molecule has 1 aliphatic rings. The van der Waals surface area contributed by atoms with Crippen LogP contribution < -0.4 is 6.15 Å². The fraction of sp³-hybridized carbons (Fsp3) is 1.00. The first-order chi connectivity index (χ1) is 14.9. The molecule has 0 aliphatic carbocycles. The van der Waals surface area contributed by atoms with Crippen molar-refractivity contribution in [2.24, 2.45) is 0 Å². The van der Waals surface area contributed by atoms with Crippen LogP contribution >= 0.6 is 0 Å². The Kier molecular flexibility index (Phi) is 18.9. The minimum absolute atomic E-state index is 0. The first-order valence-corrected chi connectivity index (χ1v) is 14.2. The fourth-order valence-electron chi connectivity index (χ4n) is 4.69. The highest BCUT2D eigenvalue weighted by Crippen LogP contribution is 2.29. The number of hydrogen-bond donors (Lipinski definition) is 1. The molecule has 0 aromatic rings. The molecule has 0 spiro atoms. The van der Waals surface area contributed by atoms with Gasteiger partial charge in [0, 0.05) is 18.6 Å². The Morgan fingerprint density at radius 1 is 0.812 bits per heavy atom. The van der Waals surface area contributed by atoms with Crippen molar-refractivity contribution in [3.63, 3.8) is 0 Å². The number of morpholine rings is 1. The Labute approximate surface area is 198 Å². The first-order valence-electron chi connectivity index (χ1n) is 12.9. The van der Waals surface area contributed by atoms with Crippen molar-refractivity contribution in [3.8, 4) is 0 Å². The van der Waals surface area contributed by atoms with Crippen LogP contribution in [0.25, 0.3) is 0 Å². The molecule has 32 heavy (non-hydrogen) atoms. The van der Waals surface area contributed by atoms with E-state index in [0.29, 0.717) is 13.2 Å². The molecular formula is C24H52N2O5S. The minimum atomic E-state index is -4.67. The van der Waals surface area contributed by atoms with E-state index in [9.17, 15) is 13.0 Å². The van der Waals surface area contributed by atoms with Gasteiger partial charge in [0.2, 0.25) is 10.4 Å². The third-order valence-electron chi connectivity index (χ3n) is 6.81. The van der Waals surface area contributed by atoms with Gasteiger partial charge in [-0.15, -0.1) is 0 Å². The maximum absolute atomic E-state index is 11.1. The maximum atomic E-state index is 11.1. The molecule has 0 aromatic carbocycles. The topological polar surface area (TPSA) is 115 Å². The van der Waals surface area contributed by atoms with Gasteiger partial charge in [0.05, 0.1) is 19.8 Å². The molecule has 1 atom stereocenters. The lowest BCUT2D eigenvalue weighted by Crippen LogP contribution is -2.56. The monoisotopic (exact) mass is 480 g/mol. The summed E-state index contributed by atoms with van der Waals surface area (Å²) in [5.41, 5.74) is -0.390. The number of rotatable bonds is 20. The van der Waals surface area contributed by atoms with Gasteiger partial charge in [-0.3, -0.25) is 9.08 Å². The van der Waals surface area contributed by atoms with Crippen LogP contribution in [0.15, 0.2) is 0 Å². The summed E-state index contributed by atoms with van der Waals surface area (Å²) >= 11 is 0. The van der Waals surface area contributed by atoms with Crippen molar-refractivity contribution >= 4 is 10.4 Å². The molecule has 194 valence electrons. The van der Waals surface area contributed by atoms with Crippen molar-refractivity contribution in [1.29, 1.82) is 0 Å². The lowest BCUT2D eigenvalue weighted by molar-refractivity contribution is -0.0468. The summed E-state index contributed by atoms with van der Waals surface area (Å²) < 4.78 is 43.4. The summed E-state index contributed by atoms with van der Waals surface area (Å²) in [6.07, 6.45) is 20.0. The Bertz CT molecular complexity index is 526. The van der Waals surface area contributed by atoms with E-state index in [1.807, 2.05) is 0 Å². The van der Waals surface area contributed by atoms with E-state index in [1.165, 1.54) is 77.0 Å². The van der Waals surface area contributed by atoms with Crippen LogP contribution in [0, 0.1) is 0 Å². The second kappa shape index (κ2) is 19.1. The molecule has 1 rings (SSSR count). The number of unbranched alkanes of at least 4 members (excludes halogenated alkanes) is 13. The molecule has 1 fully saturated rings. The molecule has 0 saturated carbocycles. The predicted octanol–water partition coefficient (Wildman–Crippen LogP) is 6.19. The van der Waals surface area contributed by atoms with Crippen LogP contribution in [0.5, 0.6) is 0 Å². The average molecular weight is 481 g/mol. The van der Waals surface area contributed by atoms with Crippen LogP contribution in [0.2, 0.25) is 0 Å². The molecule has 4 N–H and O–H groups in total. The Morgan fingerprint density at radius 3 is 1.66 bits per heavy atom. The van der Waals surface area contributed by atoms with Crippen LogP contribution in [0.4, 0.5) is 0 Å². The molecule has 1 unspecified atom stereocenters. The molecule has 1 saturated heterocycles. The molecule has 0 bridgehead atoms.